The molecule has 1 fully saturated rings. The number of carbonyl (C=O) groups excluding carboxylic acids is 1. The van der Waals surface area contributed by atoms with Crippen molar-refractivity contribution in [2.75, 3.05) is 18.1 Å². The lowest BCUT2D eigenvalue weighted by Crippen LogP contribution is -2.40. The van der Waals surface area contributed by atoms with E-state index >= 15 is 0 Å². The molecule has 2 heterocycles. The summed E-state index contributed by atoms with van der Waals surface area (Å²) in [5.74, 6) is 0. The number of rotatable bonds is 2. The van der Waals surface area contributed by atoms with Crippen molar-refractivity contribution >= 4 is 23.4 Å². The number of anilines is 1. The Balaban J connectivity index is 1.64. The highest BCUT2D eigenvalue weighted by molar-refractivity contribution is 6.30. The molecule has 0 bridgehead atoms. The van der Waals surface area contributed by atoms with Crippen molar-refractivity contribution in [3.05, 3.63) is 64.2 Å². The molecule has 0 spiro atoms. The normalized spacial score (nSPS) is 20.5. The largest absolute Gasteiger partial charge is 0.447 e. The highest BCUT2D eigenvalue weighted by Crippen LogP contribution is 2.32. The molecule has 4 nitrogen and oxygen atoms in total. The van der Waals surface area contributed by atoms with Crippen LogP contribution < -0.4 is 4.90 Å². The van der Waals surface area contributed by atoms with E-state index in [0.717, 1.165) is 42.3 Å². The molecular weight excluding hydrogens is 336 g/mol. The van der Waals surface area contributed by atoms with Crippen molar-refractivity contribution in [3.63, 3.8) is 0 Å². The Hall–Kier alpha value is -2.04. The van der Waals surface area contributed by atoms with Crippen LogP contribution in [-0.4, -0.2) is 30.2 Å². The number of aryl methyl sites for hydroxylation is 1. The van der Waals surface area contributed by atoms with Gasteiger partial charge in [0.15, 0.2) is 0 Å². The minimum absolute atomic E-state index is 0.112. The zero-order valence-corrected chi connectivity index (χ0v) is 15.0. The number of cyclic esters (lactones) is 1. The van der Waals surface area contributed by atoms with Crippen molar-refractivity contribution in [1.29, 1.82) is 0 Å². The predicted molar refractivity (Wildman–Crippen MR) is 99.0 cm³/mol. The summed E-state index contributed by atoms with van der Waals surface area (Å²) in [7, 11) is 0. The maximum atomic E-state index is 12.2. The highest BCUT2D eigenvalue weighted by atomic mass is 35.5. The number of nitrogens with zero attached hydrogens (tertiary/aromatic N) is 2. The number of carbonyl (C=O) groups is 1. The third-order valence-corrected chi connectivity index (χ3v) is 5.21. The molecule has 5 heteroatoms. The Bertz CT molecular complexity index is 791. The molecule has 1 amide bonds. The van der Waals surface area contributed by atoms with Crippen LogP contribution in [0, 0.1) is 6.92 Å². The van der Waals surface area contributed by atoms with Gasteiger partial charge >= 0.3 is 6.09 Å². The first-order valence-electron chi connectivity index (χ1n) is 8.62. The molecule has 130 valence electrons. The minimum atomic E-state index is -0.219. The fraction of sp³-hybridized carbons (Fsp3) is 0.350. The Morgan fingerprint density at radius 1 is 1.20 bits per heavy atom. The van der Waals surface area contributed by atoms with E-state index in [0.29, 0.717) is 6.61 Å². The van der Waals surface area contributed by atoms with Gasteiger partial charge in [0.05, 0.1) is 11.7 Å². The van der Waals surface area contributed by atoms with Crippen molar-refractivity contribution in [3.8, 4) is 0 Å². The molecule has 0 saturated carbocycles. The van der Waals surface area contributed by atoms with E-state index in [2.05, 4.69) is 42.2 Å². The van der Waals surface area contributed by atoms with Gasteiger partial charge in [-0.3, -0.25) is 9.80 Å². The standard InChI is InChI=1S/C20H21ClN2O2/c1-14-2-5-16-12-22(11-15-3-6-17(21)7-4-15)9-8-18-13-25-20(24)23(18)19(16)10-14/h2-7,10,18H,8-9,11-13H2,1H3. The SMILES string of the molecule is Cc1ccc2c(c1)N1C(=O)OCC1CCN(Cc1ccc(Cl)cc1)C2. The van der Waals surface area contributed by atoms with Crippen molar-refractivity contribution in [2.24, 2.45) is 0 Å². The highest BCUT2D eigenvalue weighted by Gasteiger charge is 2.37. The molecule has 2 aliphatic heterocycles. The van der Waals surface area contributed by atoms with E-state index < -0.39 is 0 Å². The topological polar surface area (TPSA) is 32.8 Å². The summed E-state index contributed by atoms with van der Waals surface area (Å²) in [6.07, 6.45) is 0.690. The van der Waals surface area contributed by atoms with Gasteiger partial charge in [0.2, 0.25) is 0 Å². The summed E-state index contributed by atoms with van der Waals surface area (Å²) < 4.78 is 5.33. The fourth-order valence-electron chi connectivity index (χ4n) is 3.63. The van der Waals surface area contributed by atoms with Crippen LogP contribution in [0.3, 0.4) is 0 Å². The van der Waals surface area contributed by atoms with Gasteiger partial charge in [-0.25, -0.2) is 4.79 Å². The van der Waals surface area contributed by atoms with Crippen LogP contribution in [0.25, 0.3) is 0 Å². The van der Waals surface area contributed by atoms with E-state index in [9.17, 15) is 4.79 Å². The van der Waals surface area contributed by atoms with Gasteiger partial charge in [0.1, 0.15) is 6.61 Å². The molecule has 0 aromatic heterocycles. The van der Waals surface area contributed by atoms with Crippen LogP contribution >= 0.6 is 11.6 Å². The lowest BCUT2D eigenvalue weighted by molar-refractivity contribution is 0.177. The fourth-order valence-corrected chi connectivity index (χ4v) is 3.76. The lowest BCUT2D eigenvalue weighted by Gasteiger charge is -2.32. The van der Waals surface area contributed by atoms with Crippen LogP contribution in [0.1, 0.15) is 23.1 Å². The number of halogens is 1. The van der Waals surface area contributed by atoms with Crippen molar-refractivity contribution < 1.29 is 9.53 Å². The quantitative estimate of drug-likeness (QED) is 0.800. The van der Waals surface area contributed by atoms with E-state index in [4.69, 9.17) is 16.3 Å². The summed E-state index contributed by atoms with van der Waals surface area (Å²) in [5, 5.41) is 0.759. The second-order valence-corrected chi connectivity index (χ2v) is 7.30. The Morgan fingerprint density at radius 2 is 2.00 bits per heavy atom. The molecule has 2 aliphatic rings. The molecule has 2 aromatic rings. The smallest absolute Gasteiger partial charge is 0.414 e. The van der Waals surface area contributed by atoms with Crippen LogP contribution in [0.2, 0.25) is 5.02 Å². The average Bonchev–Trinajstić information content (AvgIpc) is 2.94. The van der Waals surface area contributed by atoms with Gasteiger partial charge in [-0.15, -0.1) is 0 Å². The van der Waals surface area contributed by atoms with Gasteiger partial charge < -0.3 is 4.74 Å². The minimum Gasteiger partial charge on any atom is -0.447 e. The van der Waals surface area contributed by atoms with E-state index in [1.807, 2.05) is 17.0 Å². The van der Waals surface area contributed by atoms with Crippen LogP contribution in [0.4, 0.5) is 10.5 Å². The average molecular weight is 357 g/mol. The maximum absolute atomic E-state index is 12.2. The second-order valence-electron chi connectivity index (χ2n) is 6.86. The van der Waals surface area contributed by atoms with Crippen LogP contribution in [-0.2, 0) is 17.8 Å². The molecule has 25 heavy (non-hydrogen) atoms. The van der Waals surface area contributed by atoms with Gasteiger partial charge in [0.25, 0.3) is 0 Å². The third-order valence-electron chi connectivity index (χ3n) is 4.95. The summed E-state index contributed by atoms with van der Waals surface area (Å²) in [6, 6.07) is 14.5. The Morgan fingerprint density at radius 3 is 2.80 bits per heavy atom. The lowest BCUT2D eigenvalue weighted by atomic mass is 10.0. The first-order chi connectivity index (χ1) is 12.1. The number of benzene rings is 2. The maximum Gasteiger partial charge on any atom is 0.414 e. The monoisotopic (exact) mass is 356 g/mol. The predicted octanol–water partition coefficient (Wildman–Crippen LogP) is 4.38. The molecule has 2 aromatic carbocycles. The first kappa shape index (κ1) is 16.4. The molecule has 0 N–H and O–H groups in total. The Kier molecular flexibility index (Phi) is 4.40. The molecule has 0 aliphatic carbocycles. The van der Waals surface area contributed by atoms with Gasteiger partial charge in [-0.05, 0) is 48.2 Å². The van der Waals surface area contributed by atoms with Gasteiger partial charge in [-0.1, -0.05) is 35.9 Å². The number of ether oxygens (including phenoxy) is 1. The third kappa shape index (κ3) is 3.37. The summed E-state index contributed by atoms with van der Waals surface area (Å²) >= 11 is 5.99. The summed E-state index contributed by atoms with van der Waals surface area (Å²) in [6.45, 7) is 5.14. The zero-order chi connectivity index (χ0) is 17.4. The van der Waals surface area contributed by atoms with E-state index in [-0.39, 0.29) is 12.1 Å². The first-order valence-corrected chi connectivity index (χ1v) is 9.00. The van der Waals surface area contributed by atoms with Crippen LogP contribution in [0.5, 0.6) is 0 Å². The molecular formula is C20H21ClN2O2. The van der Waals surface area contributed by atoms with E-state index in [1.54, 1.807) is 0 Å². The van der Waals surface area contributed by atoms with Gasteiger partial charge in [0, 0.05) is 24.7 Å². The molecule has 0 radical (unpaired) electrons. The summed E-state index contributed by atoms with van der Waals surface area (Å²) in [4.78, 5) is 16.5. The van der Waals surface area contributed by atoms with Crippen molar-refractivity contribution in [1.82, 2.24) is 4.90 Å². The Labute approximate surface area is 152 Å². The molecule has 1 saturated heterocycles. The number of hydrogen-bond donors (Lipinski definition) is 0. The van der Waals surface area contributed by atoms with Crippen LogP contribution in [0.15, 0.2) is 42.5 Å². The molecule has 1 unspecified atom stereocenters. The van der Waals surface area contributed by atoms with E-state index in [1.165, 1.54) is 11.1 Å². The second kappa shape index (κ2) is 6.70. The van der Waals surface area contributed by atoms with Gasteiger partial charge in [-0.2, -0.15) is 0 Å². The number of fused-ring (bicyclic) bond motifs is 3. The molecule has 4 rings (SSSR count). The molecule has 1 atom stereocenters. The van der Waals surface area contributed by atoms with Crippen molar-refractivity contribution in [2.45, 2.75) is 32.5 Å². The zero-order valence-electron chi connectivity index (χ0n) is 14.2. The summed E-state index contributed by atoms with van der Waals surface area (Å²) in [5.41, 5.74) is 4.56. The number of amides is 1. The number of hydrogen-bond acceptors (Lipinski definition) is 3.